The molecule has 0 bridgehead atoms. The van der Waals surface area contributed by atoms with Crippen LogP contribution in [-0.4, -0.2) is 25.4 Å². The first-order chi connectivity index (χ1) is 9.15. The van der Waals surface area contributed by atoms with Crippen molar-refractivity contribution in [3.8, 4) is 5.75 Å². The average Bonchev–Trinajstić information content (AvgIpc) is 2.43. The Morgan fingerprint density at radius 2 is 2.21 bits per heavy atom. The van der Waals surface area contributed by atoms with Gasteiger partial charge in [0.05, 0.1) is 6.10 Å². The molecule has 1 aromatic rings. The fourth-order valence-corrected chi connectivity index (χ4v) is 1.45. The molecule has 106 valence electrons. The number of hydrogen-bond donors (Lipinski definition) is 2. The molecule has 0 spiro atoms. The predicted molar refractivity (Wildman–Crippen MR) is 73.0 cm³/mol. The standard InChI is InChI=1S/C14H21FN2O2/c1-3-11(2)19-13-6-4-5-12(9-13)10-17-14(18)16-8-7-15/h4-6,9,11H,3,7-8,10H2,1-2H3,(H2,16,17,18)/t11-/m0/s1. The first kappa shape index (κ1) is 15.3. The molecule has 1 rings (SSSR count). The summed E-state index contributed by atoms with van der Waals surface area (Å²) >= 11 is 0. The van der Waals surface area contributed by atoms with Crippen LogP contribution in [0.5, 0.6) is 5.75 Å². The zero-order valence-electron chi connectivity index (χ0n) is 11.4. The number of benzene rings is 1. The van der Waals surface area contributed by atoms with Crippen LogP contribution in [0, 0.1) is 0 Å². The Balaban J connectivity index is 2.45. The molecule has 0 saturated carbocycles. The molecule has 5 heteroatoms. The van der Waals surface area contributed by atoms with Gasteiger partial charge < -0.3 is 15.4 Å². The molecule has 2 amide bonds. The zero-order valence-corrected chi connectivity index (χ0v) is 11.4. The average molecular weight is 268 g/mol. The molecule has 0 radical (unpaired) electrons. The third kappa shape index (κ3) is 6.08. The summed E-state index contributed by atoms with van der Waals surface area (Å²) in [4.78, 5) is 11.3. The molecule has 0 aromatic heterocycles. The maximum atomic E-state index is 11.9. The van der Waals surface area contributed by atoms with Crippen molar-refractivity contribution in [2.75, 3.05) is 13.2 Å². The molecule has 19 heavy (non-hydrogen) atoms. The van der Waals surface area contributed by atoms with Crippen LogP contribution in [0.25, 0.3) is 0 Å². The number of hydrogen-bond acceptors (Lipinski definition) is 2. The fraction of sp³-hybridized carbons (Fsp3) is 0.500. The summed E-state index contributed by atoms with van der Waals surface area (Å²) in [6.07, 6.45) is 1.10. The summed E-state index contributed by atoms with van der Waals surface area (Å²) in [5.74, 6) is 0.790. The molecule has 4 nitrogen and oxygen atoms in total. The van der Waals surface area contributed by atoms with Crippen LogP contribution < -0.4 is 15.4 Å². The van der Waals surface area contributed by atoms with Crippen molar-refractivity contribution in [1.29, 1.82) is 0 Å². The predicted octanol–water partition coefficient (Wildman–Crippen LogP) is 2.63. The lowest BCUT2D eigenvalue weighted by molar-refractivity contribution is 0.217. The van der Waals surface area contributed by atoms with Crippen molar-refractivity contribution in [2.45, 2.75) is 32.9 Å². The minimum absolute atomic E-state index is 0.0308. The van der Waals surface area contributed by atoms with Gasteiger partial charge in [-0.05, 0) is 31.0 Å². The van der Waals surface area contributed by atoms with E-state index >= 15 is 0 Å². The van der Waals surface area contributed by atoms with Crippen LogP contribution >= 0.6 is 0 Å². The summed E-state index contributed by atoms with van der Waals surface area (Å²) in [7, 11) is 0. The van der Waals surface area contributed by atoms with Crippen molar-refractivity contribution >= 4 is 6.03 Å². The molecule has 0 aliphatic carbocycles. The van der Waals surface area contributed by atoms with Gasteiger partial charge in [-0.25, -0.2) is 9.18 Å². The lowest BCUT2D eigenvalue weighted by Gasteiger charge is -2.13. The van der Waals surface area contributed by atoms with Crippen molar-refractivity contribution in [1.82, 2.24) is 10.6 Å². The van der Waals surface area contributed by atoms with Crippen LogP contribution in [0.2, 0.25) is 0 Å². The molecule has 1 atom stereocenters. The largest absolute Gasteiger partial charge is 0.491 e. The normalized spacial score (nSPS) is 11.7. The Kier molecular flexibility index (Phi) is 6.71. The van der Waals surface area contributed by atoms with E-state index in [2.05, 4.69) is 17.6 Å². The lowest BCUT2D eigenvalue weighted by Crippen LogP contribution is -2.36. The van der Waals surface area contributed by atoms with E-state index in [9.17, 15) is 9.18 Å². The second-order valence-electron chi connectivity index (χ2n) is 4.28. The third-order valence-electron chi connectivity index (χ3n) is 2.64. The summed E-state index contributed by atoms with van der Waals surface area (Å²) in [5, 5.41) is 5.06. The summed E-state index contributed by atoms with van der Waals surface area (Å²) in [6, 6.07) is 7.19. The number of carbonyl (C=O) groups excluding carboxylic acids is 1. The topological polar surface area (TPSA) is 50.4 Å². The highest BCUT2D eigenvalue weighted by Crippen LogP contribution is 2.15. The van der Waals surface area contributed by atoms with Crippen LogP contribution in [0.15, 0.2) is 24.3 Å². The van der Waals surface area contributed by atoms with E-state index in [4.69, 9.17) is 4.74 Å². The number of ether oxygens (including phenoxy) is 1. The monoisotopic (exact) mass is 268 g/mol. The lowest BCUT2D eigenvalue weighted by atomic mass is 10.2. The highest BCUT2D eigenvalue weighted by molar-refractivity contribution is 5.73. The maximum Gasteiger partial charge on any atom is 0.315 e. The number of carbonyl (C=O) groups is 1. The molecular formula is C14H21FN2O2. The van der Waals surface area contributed by atoms with Crippen molar-refractivity contribution in [3.63, 3.8) is 0 Å². The molecule has 1 aromatic carbocycles. The summed E-state index contributed by atoms with van der Waals surface area (Å²) < 4.78 is 17.6. The van der Waals surface area contributed by atoms with Gasteiger partial charge in [-0.15, -0.1) is 0 Å². The maximum absolute atomic E-state index is 11.9. The molecule has 2 N–H and O–H groups in total. The van der Waals surface area contributed by atoms with E-state index in [0.29, 0.717) is 6.54 Å². The number of amides is 2. The van der Waals surface area contributed by atoms with Crippen LogP contribution in [-0.2, 0) is 6.54 Å². The second kappa shape index (κ2) is 8.34. The Morgan fingerprint density at radius 1 is 1.42 bits per heavy atom. The number of urea groups is 1. The van der Waals surface area contributed by atoms with Crippen molar-refractivity contribution < 1.29 is 13.9 Å². The minimum atomic E-state index is -0.564. The zero-order chi connectivity index (χ0) is 14.1. The molecule has 0 heterocycles. The number of halogens is 1. The van der Waals surface area contributed by atoms with E-state index in [1.165, 1.54) is 0 Å². The Morgan fingerprint density at radius 3 is 2.89 bits per heavy atom. The van der Waals surface area contributed by atoms with Crippen LogP contribution in [0.3, 0.4) is 0 Å². The van der Waals surface area contributed by atoms with E-state index in [1.54, 1.807) is 0 Å². The third-order valence-corrected chi connectivity index (χ3v) is 2.64. The molecule has 0 saturated heterocycles. The second-order valence-corrected chi connectivity index (χ2v) is 4.28. The number of alkyl halides is 1. The Hall–Kier alpha value is -1.78. The highest BCUT2D eigenvalue weighted by atomic mass is 19.1. The Labute approximate surface area is 113 Å². The first-order valence-corrected chi connectivity index (χ1v) is 6.49. The number of nitrogens with one attached hydrogen (secondary N) is 2. The van der Waals surface area contributed by atoms with Gasteiger partial charge in [0.25, 0.3) is 0 Å². The van der Waals surface area contributed by atoms with Gasteiger partial charge in [-0.2, -0.15) is 0 Å². The van der Waals surface area contributed by atoms with Crippen LogP contribution in [0.4, 0.5) is 9.18 Å². The van der Waals surface area contributed by atoms with Gasteiger partial charge in [-0.1, -0.05) is 19.1 Å². The van der Waals surface area contributed by atoms with Gasteiger partial charge in [0, 0.05) is 13.1 Å². The van der Waals surface area contributed by atoms with E-state index in [0.717, 1.165) is 17.7 Å². The number of rotatable bonds is 7. The molecular weight excluding hydrogens is 247 g/mol. The fourth-order valence-electron chi connectivity index (χ4n) is 1.45. The van der Waals surface area contributed by atoms with Crippen molar-refractivity contribution in [2.24, 2.45) is 0 Å². The molecule has 0 unspecified atom stereocenters. The van der Waals surface area contributed by atoms with Crippen LogP contribution in [0.1, 0.15) is 25.8 Å². The smallest absolute Gasteiger partial charge is 0.315 e. The molecule has 0 fully saturated rings. The molecule has 0 aliphatic heterocycles. The van der Waals surface area contributed by atoms with E-state index in [1.807, 2.05) is 31.2 Å². The SMILES string of the molecule is CC[C@H](C)Oc1cccc(CNC(=O)NCCF)c1. The van der Waals surface area contributed by atoms with Gasteiger partial charge >= 0.3 is 6.03 Å². The van der Waals surface area contributed by atoms with Crippen molar-refractivity contribution in [3.05, 3.63) is 29.8 Å². The van der Waals surface area contributed by atoms with E-state index < -0.39 is 6.67 Å². The van der Waals surface area contributed by atoms with Gasteiger partial charge in [0.2, 0.25) is 0 Å². The summed E-state index contributed by atoms with van der Waals surface area (Å²) in [5.41, 5.74) is 0.941. The summed E-state index contributed by atoms with van der Waals surface area (Å²) in [6.45, 7) is 3.92. The Bertz CT molecular complexity index is 399. The van der Waals surface area contributed by atoms with Gasteiger partial charge in [0.1, 0.15) is 12.4 Å². The highest BCUT2D eigenvalue weighted by Gasteiger charge is 2.03. The van der Waals surface area contributed by atoms with Gasteiger partial charge in [0.15, 0.2) is 0 Å². The quantitative estimate of drug-likeness (QED) is 0.798. The first-order valence-electron chi connectivity index (χ1n) is 6.49. The van der Waals surface area contributed by atoms with Gasteiger partial charge in [-0.3, -0.25) is 0 Å². The molecule has 0 aliphatic rings. The minimum Gasteiger partial charge on any atom is -0.491 e. The van der Waals surface area contributed by atoms with E-state index in [-0.39, 0.29) is 18.7 Å².